The topological polar surface area (TPSA) is 61.9 Å². The van der Waals surface area contributed by atoms with Crippen molar-refractivity contribution < 1.29 is 9.53 Å². The predicted molar refractivity (Wildman–Crippen MR) is 131 cm³/mol. The number of hydrogen-bond donors (Lipinski definition) is 0. The lowest BCUT2D eigenvalue weighted by Gasteiger charge is -2.20. The quantitative estimate of drug-likeness (QED) is 0.358. The Hall–Kier alpha value is -3.41. The number of aromatic nitrogens is 4. The van der Waals surface area contributed by atoms with E-state index >= 15 is 0 Å². The second-order valence-corrected chi connectivity index (χ2v) is 9.47. The first-order chi connectivity index (χ1) is 15.7. The first-order valence-electron chi connectivity index (χ1n) is 11.5. The van der Waals surface area contributed by atoms with E-state index in [2.05, 4.69) is 45.3 Å². The molecule has 6 nitrogen and oxygen atoms in total. The van der Waals surface area contributed by atoms with Crippen molar-refractivity contribution in [3.63, 3.8) is 0 Å². The summed E-state index contributed by atoms with van der Waals surface area (Å²) in [6, 6.07) is 16.0. The number of carbonyl (C=O) groups is 1. The van der Waals surface area contributed by atoms with Gasteiger partial charge in [0.2, 0.25) is 0 Å². The number of esters is 1. The van der Waals surface area contributed by atoms with Crippen LogP contribution in [-0.4, -0.2) is 30.7 Å². The molecule has 0 unspecified atom stereocenters. The molecular formula is C27H32N4O2. The summed E-state index contributed by atoms with van der Waals surface area (Å²) < 4.78 is 9.98. The third-order valence-corrected chi connectivity index (χ3v) is 5.70. The van der Waals surface area contributed by atoms with Crippen molar-refractivity contribution in [2.24, 2.45) is 7.05 Å². The van der Waals surface area contributed by atoms with Crippen molar-refractivity contribution in [2.75, 3.05) is 0 Å². The fourth-order valence-corrected chi connectivity index (χ4v) is 4.06. The highest BCUT2D eigenvalue weighted by Gasteiger charge is 2.21. The molecule has 0 aliphatic carbocycles. The summed E-state index contributed by atoms with van der Waals surface area (Å²) in [4.78, 5) is 22.1. The van der Waals surface area contributed by atoms with Crippen molar-refractivity contribution >= 4 is 17.3 Å². The van der Waals surface area contributed by atoms with Gasteiger partial charge in [-0.2, -0.15) is 0 Å². The maximum absolute atomic E-state index is 12.7. The minimum Gasteiger partial charge on any atom is -0.456 e. The lowest BCUT2D eigenvalue weighted by molar-refractivity contribution is 0.00704. The molecule has 0 amide bonds. The molecule has 0 N–H and O–H groups in total. The Morgan fingerprint density at radius 2 is 1.73 bits per heavy atom. The van der Waals surface area contributed by atoms with Crippen molar-refractivity contribution in [1.82, 2.24) is 19.1 Å². The number of nitrogens with zero attached hydrogens (tertiary/aromatic N) is 4. The molecular weight excluding hydrogens is 412 g/mol. The Kier molecular flexibility index (Phi) is 6.11. The molecule has 2 heterocycles. The molecule has 0 saturated carbocycles. The minimum atomic E-state index is -0.537. The lowest BCUT2D eigenvalue weighted by Crippen LogP contribution is -2.24. The first kappa shape index (κ1) is 22.8. The van der Waals surface area contributed by atoms with E-state index in [-0.39, 0.29) is 5.97 Å². The molecule has 0 aliphatic heterocycles. The van der Waals surface area contributed by atoms with Crippen molar-refractivity contribution in [2.45, 2.75) is 59.6 Å². The average molecular weight is 445 g/mol. The Morgan fingerprint density at radius 3 is 2.39 bits per heavy atom. The largest absolute Gasteiger partial charge is 0.456 e. The van der Waals surface area contributed by atoms with Crippen LogP contribution in [-0.2, 0) is 24.8 Å². The number of benzene rings is 2. The van der Waals surface area contributed by atoms with Gasteiger partial charge in [0, 0.05) is 13.5 Å². The molecule has 0 fully saturated rings. The van der Waals surface area contributed by atoms with Crippen molar-refractivity contribution in [3.05, 3.63) is 71.3 Å². The summed E-state index contributed by atoms with van der Waals surface area (Å²) in [6.07, 6.45) is 1.94. The summed E-state index contributed by atoms with van der Waals surface area (Å²) >= 11 is 0. The van der Waals surface area contributed by atoms with E-state index in [9.17, 15) is 4.79 Å². The van der Waals surface area contributed by atoms with Gasteiger partial charge in [-0.25, -0.2) is 14.8 Å². The van der Waals surface area contributed by atoms with Gasteiger partial charge in [0.15, 0.2) is 11.3 Å². The van der Waals surface area contributed by atoms with Crippen LogP contribution < -0.4 is 0 Å². The molecule has 0 saturated heterocycles. The van der Waals surface area contributed by atoms with Crippen LogP contribution >= 0.6 is 0 Å². The van der Waals surface area contributed by atoms with Gasteiger partial charge in [-0.15, -0.1) is 0 Å². The van der Waals surface area contributed by atoms with E-state index in [0.29, 0.717) is 5.56 Å². The molecule has 6 heteroatoms. The number of carbonyl (C=O) groups excluding carboxylic acids is 1. The van der Waals surface area contributed by atoms with Gasteiger partial charge in [0.25, 0.3) is 0 Å². The highest BCUT2D eigenvalue weighted by molar-refractivity contribution is 5.97. The number of ether oxygens (including phenoxy) is 1. The molecule has 33 heavy (non-hydrogen) atoms. The highest BCUT2D eigenvalue weighted by atomic mass is 16.6. The second kappa shape index (κ2) is 8.85. The lowest BCUT2D eigenvalue weighted by atomic mass is 9.98. The Labute approximate surface area is 195 Å². The van der Waals surface area contributed by atoms with Gasteiger partial charge in [0.1, 0.15) is 17.2 Å². The van der Waals surface area contributed by atoms with Gasteiger partial charge in [-0.05, 0) is 56.9 Å². The standard InChI is InChI=1S/C27H32N4O2/c1-7-10-23-29-24-25(30(6)18(2)28-24)31(23)17-19-13-15-20(16-14-19)21-11-8-9-12-22(21)26(32)33-27(3,4)5/h8-9,11-16H,7,10,17H2,1-6H3. The average Bonchev–Trinajstić information content (AvgIpc) is 3.23. The number of aryl methyl sites for hydroxylation is 3. The van der Waals surface area contributed by atoms with E-state index < -0.39 is 5.60 Å². The number of hydrogen-bond acceptors (Lipinski definition) is 4. The van der Waals surface area contributed by atoms with Crippen LogP contribution in [0.15, 0.2) is 48.5 Å². The number of rotatable bonds is 6. The van der Waals surface area contributed by atoms with Crippen LogP contribution in [0.4, 0.5) is 0 Å². The third kappa shape index (κ3) is 4.70. The summed E-state index contributed by atoms with van der Waals surface area (Å²) in [5, 5.41) is 0. The van der Waals surface area contributed by atoms with Gasteiger partial charge >= 0.3 is 5.97 Å². The zero-order valence-electron chi connectivity index (χ0n) is 20.3. The highest BCUT2D eigenvalue weighted by Crippen LogP contribution is 2.27. The van der Waals surface area contributed by atoms with Crippen LogP contribution in [0.3, 0.4) is 0 Å². The zero-order chi connectivity index (χ0) is 23.8. The fourth-order valence-electron chi connectivity index (χ4n) is 4.06. The minimum absolute atomic E-state index is 0.307. The van der Waals surface area contributed by atoms with Gasteiger partial charge in [0.05, 0.1) is 12.1 Å². The van der Waals surface area contributed by atoms with Crippen LogP contribution in [0.1, 0.15) is 61.7 Å². The molecule has 0 aliphatic rings. The summed E-state index contributed by atoms with van der Waals surface area (Å²) in [6.45, 7) is 10.5. The maximum atomic E-state index is 12.7. The SMILES string of the molecule is CCCc1nc2nc(C)n(C)c2n1Cc1ccc(-c2ccccc2C(=O)OC(C)(C)C)cc1. The van der Waals surface area contributed by atoms with E-state index in [1.54, 1.807) is 0 Å². The van der Waals surface area contributed by atoms with E-state index in [0.717, 1.165) is 53.5 Å². The van der Waals surface area contributed by atoms with Gasteiger partial charge in [-0.1, -0.05) is 49.4 Å². The normalized spacial score (nSPS) is 11.8. The van der Waals surface area contributed by atoms with Crippen LogP contribution in [0.5, 0.6) is 0 Å². The van der Waals surface area contributed by atoms with Crippen LogP contribution in [0.25, 0.3) is 22.4 Å². The Bertz CT molecular complexity index is 1290. The summed E-state index contributed by atoms with van der Waals surface area (Å²) in [5.74, 6) is 1.71. The van der Waals surface area contributed by atoms with E-state index in [1.165, 1.54) is 5.56 Å². The molecule has 2 aromatic carbocycles. The molecule has 0 bridgehead atoms. The summed E-state index contributed by atoms with van der Waals surface area (Å²) in [5.41, 5.74) is 4.93. The summed E-state index contributed by atoms with van der Waals surface area (Å²) in [7, 11) is 2.04. The monoisotopic (exact) mass is 444 g/mol. The molecule has 2 aromatic heterocycles. The fraction of sp³-hybridized carbons (Fsp3) is 0.370. The van der Waals surface area contributed by atoms with Gasteiger partial charge in [-0.3, -0.25) is 0 Å². The molecule has 0 radical (unpaired) electrons. The Balaban J connectivity index is 1.65. The first-order valence-corrected chi connectivity index (χ1v) is 11.5. The van der Waals surface area contributed by atoms with Crippen molar-refractivity contribution in [1.29, 1.82) is 0 Å². The Morgan fingerprint density at radius 1 is 1.03 bits per heavy atom. The zero-order valence-corrected chi connectivity index (χ0v) is 20.3. The molecule has 4 rings (SSSR count). The van der Waals surface area contributed by atoms with Gasteiger partial charge < -0.3 is 13.9 Å². The molecule has 0 atom stereocenters. The molecule has 172 valence electrons. The molecule has 0 spiro atoms. The van der Waals surface area contributed by atoms with E-state index in [1.807, 2.05) is 59.0 Å². The van der Waals surface area contributed by atoms with E-state index in [4.69, 9.17) is 9.72 Å². The second-order valence-electron chi connectivity index (χ2n) is 9.47. The number of imidazole rings is 2. The molecule has 4 aromatic rings. The smallest absolute Gasteiger partial charge is 0.339 e. The number of fused-ring (bicyclic) bond motifs is 1. The third-order valence-electron chi connectivity index (χ3n) is 5.70. The predicted octanol–water partition coefficient (Wildman–Crippen LogP) is 5.70. The maximum Gasteiger partial charge on any atom is 0.339 e. The van der Waals surface area contributed by atoms with Crippen LogP contribution in [0.2, 0.25) is 0 Å². The van der Waals surface area contributed by atoms with Crippen molar-refractivity contribution in [3.8, 4) is 11.1 Å². The van der Waals surface area contributed by atoms with Crippen LogP contribution in [0, 0.1) is 6.92 Å².